The molecule has 0 saturated heterocycles. The zero-order chi connectivity index (χ0) is 11.4. The molecular formula is C12H13N3O. The Kier molecular flexibility index (Phi) is 3.10. The molecule has 1 N–H and O–H groups in total. The molecule has 2 rings (SSSR count). The van der Waals surface area contributed by atoms with Crippen molar-refractivity contribution in [3.63, 3.8) is 0 Å². The molecule has 4 nitrogen and oxygen atoms in total. The summed E-state index contributed by atoms with van der Waals surface area (Å²) in [5.41, 5.74) is 2.83. The van der Waals surface area contributed by atoms with E-state index in [1.165, 1.54) is 6.20 Å². The first kappa shape index (κ1) is 10.5. The third kappa shape index (κ3) is 2.76. The molecular weight excluding hydrogens is 202 g/mol. The molecule has 0 amide bonds. The fourth-order valence-corrected chi connectivity index (χ4v) is 1.38. The monoisotopic (exact) mass is 215 g/mol. The molecule has 0 saturated carbocycles. The molecule has 2 heterocycles. The summed E-state index contributed by atoms with van der Waals surface area (Å²) in [6.45, 7) is 1.91. The van der Waals surface area contributed by atoms with Crippen molar-refractivity contribution >= 4 is 0 Å². The number of rotatable bonds is 3. The van der Waals surface area contributed by atoms with Gasteiger partial charge in [0.05, 0.1) is 17.6 Å². The maximum absolute atomic E-state index is 9.09. The first-order valence-electron chi connectivity index (χ1n) is 5.17. The molecule has 2 aromatic rings. The number of nitrogens with zero attached hydrogens (tertiary/aromatic N) is 3. The summed E-state index contributed by atoms with van der Waals surface area (Å²) < 4.78 is 0. The van der Waals surface area contributed by atoms with Crippen molar-refractivity contribution in [2.45, 2.75) is 19.8 Å². The quantitative estimate of drug-likeness (QED) is 0.846. The van der Waals surface area contributed by atoms with Crippen molar-refractivity contribution in [1.29, 1.82) is 0 Å². The van der Waals surface area contributed by atoms with E-state index in [2.05, 4.69) is 15.2 Å². The van der Waals surface area contributed by atoms with Crippen molar-refractivity contribution in [3.8, 4) is 5.75 Å². The average Bonchev–Trinajstić information content (AvgIpc) is 2.30. The van der Waals surface area contributed by atoms with Crippen LogP contribution >= 0.6 is 0 Å². The highest BCUT2D eigenvalue weighted by Crippen LogP contribution is 2.08. The molecule has 0 aliphatic carbocycles. The lowest BCUT2D eigenvalue weighted by molar-refractivity contribution is 0.472. The van der Waals surface area contributed by atoms with Gasteiger partial charge in [-0.05, 0) is 44.0 Å². The lowest BCUT2D eigenvalue weighted by Crippen LogP contribution is -1.98. The fourth-order valence-electron chi connectivity index (χ4n) is 1.38. The van der Waals surface area contributed by atoms with Crippen LogP contribution in [-0.4, -0.2) is 20.3 Å². The number of hydrogen-bond acceptors (Lipinski definition) is 4. The molecule has 0 atom stereocenters. The molecule has 0 fully saturated rings. The minimum Gasteiger partial charge on any atom is -0.506 e. The van der Waals surface area contributed by atoms with Crippen LogP contribution < -0.4 is 0 Å². The van der Waals surface area contributed by atoms with E-state index in [1.54, 1.807) is 6.07 Å². The van der Waals surface area contributed by atoms with Crippen molar-refractivity contribution < 1.29 is 5.11 Å². The summed E-state index contributed by atoms with van der Waals surface area (Å²) in [4.78, 5) is 4.11. The Bertz CT molecular complexity index is 405. The van der Waals surface area contributed by atoms with Crippen LogP contribution in [0, 0.1) is 6.92 Å². The van der Waals surface area contributed by atoms with Crippen LogP contribution in [0.25, 0.3) is 0 Å². The van der Waals surface area contributed by atoms with E-state index in [0.29, 0.717) is 0 Å². The Morgan fingerprint density at radius 1 is 1.00 bits per heavy atom. The van der Waals surface area contributed by atoms with E-state index in [0.717, 1.165) is 29.9 Å². The van der Waals surface area contributed by atoms with Gasteiger partial charge >= 0.3 is 0 Å². The van der Waals surface area contributed by atoms with E-state index in [9.17, 15) is 0 Å². The van der Waals surface area contributed by atoms with Crippen LogP contribution in [0.3, 0.4) is 0 Å². The van der Waals surface area contributed by atoms with Crippen LogP contribution in [-0.2, 0) is 12.8 Å². The average molecular weight is 215 g/mol. The lowest BCUT2D eigenvalue weighted by Gasteiger charge is -2.00. The fraction of sp³-hybridized carbons (Fsp3) is 0.250. The summed E-state index contributed by atoms with van der Waals surface area (Å²) in [5.74, 6) is 0.193. The molecule has 16 heavy (non-hydrogen) atoms. The molecule has 0 radical (unpaired) electrons. The Balaban J connectivity index is 1.97. The standard InChI is InChI=1S/C12H13N3O/c1-9-2-3-11(15-14-9)5-4-10-6-7-12(16)8-13-10/h2-3,6-8,16H,4-5H2,1H3. The van der Waals surface area contributed by atoms with Gasteiger partial charge in [-0.2, -0.15) is 10.2 Å². The summed E-state index contributed by atoms with van der Waals surface area (Å²) in [5, 5.41) is 17.2. The van der Waals surface area contributed by atoms with Crippen molar-refractivity contribution in [2.75, 3.05) is 0 Å². The van der Waals surface area contributed by atoms with E-state index >= 15 is 0 Å². The van der Waals surface area contributed by atoms with Gasteiger partial charge in [0, 0.05) is 5.69 Å². The van der Waals surface area contributed by atoms with Crippen LogP contribution in [0.1, 0.15) is 17.1 Å². The van der Waals surface area contributed by atoms with Gasteiger partial charge in [0.15, 0.2) is 0 Å². The Hall–Kier alpha value is -1.97. The maximum Gasteiger partial charge on any atom is 0.133 e. The summed E-state index contributed by atoms with van der Waals surface area (Å²) in [6.07, 6.45) is 3.07. The van der Waals surface area contributed by atoms with Crippen LogP contribution in [0.5, 0.6) is 5.75 Å². The number of hydrogen-bond donors (Lipinski definition) is 1. The van der Waals surface area contributed by atoms with Crippen LogP contribution in [0.15, 0.2) is 30.5 Å². The third-order valence-corrected chi connectivity index (χ3v) is 2.30. The van der Waals surface area contributed by atoms with Gasteiger partial charge in [-0.15, -0.1) is 0 Å². The van der Waals surface area contributed by atoms with E-state index < -0.39 is 0 Å². The van der Waals surface area contributed by atoms with Crippen molar-refractivity contribution in [3.05, 3.63) is 47.5 Å². The van der Waals surface area contributed by atoms with E-state index in [4.69, 9.17) is 5.11 Å². The van der Waals surface area contributed by atoms with Gasteiger partial charge in [-0.1, -0.05) is 0 Å². The second kappa shape index (κ2) is 4.70. The second-order valence-electron chi connectivity index (χ2n) is 3.67. The van der Waals surface area contributed by atoms with Crippen molar-refractivity contribution in [1.82, 2.24) is 15.2 Å². The molecule has 82 valence electrons. The zero-order valence-electron chi connectivity index (χ0n) is 9.09. The minimum atomic E-state index is 0.193. The number of aromatic hydroxyl groups is 1. The molecule has 0 bridgehead atoms. The molecule has 0 aromatic carbocycles. The molecule has 4 heteroatoms. The Labute approximate surface area is 94.0 Å². The molecule has 0 aliphatic heterocycles. The highest BCUT2D eigenvalue weighted by Gasteiger charge is 1.99. The van der Waals surface area contributed by atoms with Crippen molar-refractivity contribution in [2.24, 2.45) is 0 Å². The number of aryl methyl sites for hydroxylation is 3. The second-order valence-corrected chi connectivity index (χ2v) is 3.67. The van der Waals surface area contributed by atoms with Gasteiger partial charge in [0.2, 0.25) is 0 Å². The highest BCUT2D eigenvalue weighted by atomic mass is 16.3. The highest BCUT2D eigenvalue weighted by molar-refractivity contribution is 5.18. The minimum absolute atomic E-state index is 0.193. The topological polar surface area (TPSA) is 58.9 Å². The van der Waals surface area contributed by atoms with E-state index in [-0.39, 0.29) is 5.75 Å². The number of aromatic nitrogens is 3. The first-order valence-corrected chi connectivity index (χ1v) is 5.17. The normalized spacial score (nSPS) is 10.3. The number of pyridine rings is 1. The molecule has 0 aliphatic rings. The van der Waals surface area contributed by atoms with E-state index in [1.807, 2.05) is 25.1 Å². The third-order valence-electron chi connectivity index (χ3n) is 2.30. The van der Waals surface area contributed by atoms with Gasteiger partial charge in [-0.3, -0.25) is 4.98 Å². The summed E-state index contributed by atoms with van der Waals surface area (Å²) in [6, 6.07) is 7.38. The Morgan fingerprint density at radius 2 is 1.75 bits per heavy atom. The molecule has 0 unspecified atom stereocenters. The SMILES string of the molecule is Cc1ccc(CCc2ccc(O)cn2)nn1. The summed E-state index contributed by atoms with van der Waals surface area (Å²) >= 11 is 0. The van der Waals surface area contributed by atoms with Gasteiger partial charge < -0.3 is 5.11 Å². The van der Waals surface area contributed by atoms with Gasteiger partial charge in [-0.25, -0.2) is 0 Å². The first-order chi connectivity index (χ1) is 7.74. The predicted octanol–water partition coefficient (Wildman–Crippen LogP) is 1.67. The van der Waals surface area contributed by atoms with Crippen LogP contribution in [0.4, 0.5) is 0 Å². The summed E-state index contributed by atoms with van der Waals surface area (Å²) in [7, 11) is 0. The van der Waals surface area contributed by atoms with Gasteiger partial charge in [0.25, 0.3) is 0 Å². The van der Waals surface area contributed by atoms with Crippen LogP contribution in [0.2, 0.25) is 0 Å². The Morgan fingerprint density at radius 3 is 2.38 bits per heavy atom. The molecule has 0 spiro atoms. The maximum atomic E-state index is 9.09. The predicted molar refractivity (Wildman–Crippen MR) is 60.1 cm³/mol. The lowest BCUT2D eigenvalue weighted by atomic mass is 10.1. The smallest absolute Gasteiger partial charge is 0.133 e. The largest absolute Gasteiger partial charge is 0.506 e. The molecule has 2 aromatic heterocycles. The van der Waals surface area contributed by atoms with Gasteiger partial charge in [0.1, 0.15) is 5.75 Å². The zero-order valence-corrected chi connectivity index (χ0v) is 9.09.